The molecular weight excluding hydrogens is 374 g/mol. The summed E-state index contributed by atoms with van der Waals surface area (Å²) >= 11 is 6.11. The van der Waals surface area contributed by atoms with E-state index in [1.807, 2.05) is 48.1 Å². The number of nitrogens with one attached hydrogen (secondary N) is 1. The van der Waals surface area contributed by atoms with Crippen molar-refractivity contribution in [2.24, 2.45) is 0 Å². The van der Waals surface area contributed by atoms with Gasteiger partial charge in [-0.3, -0.25) is 9.97 Å². The highest BCUT2D eigenvalue weighted by molar-refractivity contribution is 6.28. The number of anilines is 1. The maximum absolute atomic E-state index is 6.11. The van der Waals surface area contributed by atoms with Gasteiger partial charge in [-0.1, -0.05) is 12.1 Å². The smallest absolute Gasteiger partial charge is 0.226 e. The van der Waals surface area contributed by atoms with Crippen LogP contribution >= 0.6 is 11.6 Å². The molecule has 28 heavy (non-hydrogen) atoms. The molecule has 0 spiro atoms. The molecule has 7 nitrogen and oxygen atoms in total. The fourth-order valence-corrected chi connectivity index (χ4v) is 3.07. The second-order valence-corrected chi connectivity index (χ2v) is 7.18. The molecule has 0 aliphatic rings. The zero-order valence-electron chi connectivity index (χ0n) is 15.9. The Kier molecular flexibility index (Phi) is 4.92. The van der Waals surface area contributed by atoms with E-state index in [9.17, 15) is 0 Å². The van der Waals surface area contributed by atoms with Crippen LogP contribution in [0.3, 0.4) is 0 Å². The number of fused-ring (bicyclic) bond motifs is 1. The number of aromatic nitrogens is 6. The Labute approximate surface area is 167 Å². The normalized spacial score (nSPS) is 11.3. The van der Waals surface area contributed by atoms with E-state index < -0.39 is 0 Å². The van der Waals surface area contributed by atoms with E-state index in [1.165, 1.54) is 0 Å². The molecule has 142 valence electrons. The molecule has 0 aliphatic heterocycles. The highest BCUT2D eigenvalue weighted by Crippen LogP contribution is 2.24. The van der Waals surface area contributed by atoms with Crippen molar-refractivity contribution in [3.8, 4) is 11.1 Å². The predicted octanol–water partition coefficient (Wildman–Crippen LogP) is 4.44. The minimum absolute atomic E-state index is 0.188. The molecule has 0 amide bonds. The molecule has 0 bridgehead atoms. The molecule has 4 rings (SSSR count). The molecule has 4 aromatic heterocycles. The number of nitrogens with zero attached hydrogens (tertiary/aromatic N) is 6. The summed E-state index contributed by atoms with van der Waals surface area (Å²) in [6.45, 7) is 6.61. The van der Waals surface area contributed by atoms with Crippen LogP contribution in [0.15, 0.2) is 43.0 Å². The molecule has 0 aliphatic carbocycles. The molecule has 8 heteroatoms. The van der Waals surface area contributed by atoms with Crippen LogP contribution in [0.4, 0.5) is 5.82 Å². The SMILES string of the molecule is Cc1ccc(-c2ccc(CNc3nc(Cl)nc4c3ncn4C(C)C)nc2)cn1. The summed E-state index contributed by atoms with van der Waals surface area (Å²) in [7, 11) is 0. The first-order chi connectivity index (χ1) is 13.5. The third kappa shape index (κ3) is 3.66. The summed E-state index contributed by atoms with van der Waals surface area (Å²) in [5.41, 5.74) is 5.36. The first-order valence-electron chi connectivity index (χ1n) is 9.03. The molecular formula is C20H20ClN7. The predicted molar refractivity (Wildman–Crippen MR) is 110 cm³/mol. The van der Waals surface area contributed by atoms with Crippen molar-refractivity contribution in [1.82, 2.24) is 29.5 Å². The van der Waals surface area contributed by atoms with Crippen LogP contribution in [0.2, 0.25) is 5.28 Å². The van der Waals surface area contributed by atoms with E-state index in [1.54, 1.807) is 6.33 Å². The second-order valence-electron chi connectivity index (χ2n) is 6.84. The van der Waals surface area contributed by atoms with E-state index in [-0.39, 0.29) is 11.3 Å². The third-order valence-electron chi connectivity index (χ3n) is 4.46. The summed E-state index contributed by atoms with van der Waals surface area (Å²) in [6.07, 6.45) is 5.46. The zero-order valence-corrected chi connectivity index (χ0v) is 16.6. The van der Waals surface area contributed by atoms with Crippen molar-refractivity contribution >= 4 is 28.6 Å². The van der Waals surface area contributed by atoms with Crippen LogP contribution < -0.4 is 5.32 Å². The minimum atomic E-state index is 0.188. The van der Waals surface area contributed by atoms with Gasteiger partial charge in [0, 0.05) is 35.3 Å². The fraction of sp³-hybridized carbons (Fsp3) is 0.250. The van der Waals surface area contributed by atoms with Gasteiger partial charge in [0.25, 0.3) is 0 Å². The van der Waals surface area contributed by atoms with Crippen molar-refractivity contribution in [3.05, 3.63) is 59.7 Å². The van der Waals surface area contributed by atoms with Gasteiger partial charge < -0.3 is 9.88 Å². The Morgan fingerprint density at radius 3 is 2.39 bits per heavy atom. The van der Waals surface area contributed by atoms with Crippen LogP contribution in [0, 0.1) is 6.92 Å². The Morgan fingerprint density at radius 1 is 1.00 bits per heavy atom. The van der Waals surface area contributed by atoms with Crippen molar-refractivity contribution in [3.63, 3.8) is 0 Å². The average Bonchev–Trinajstić information content (AvgIpc) is 3.11. The van der Waals surface area contributed by atoms with E-state index in [0.717, 1.165) is 22.5 Å². The molecule has 4 heterocycles. The summed E-state index contributed by atoms with van der Waals surface area (Å²) in [5, 5.41) is 3.47. The molecule has 1 N–H and O–H groups in total. The standard InChI is InChI=1S/C20H20ClN7/c1-12(2)28-11-25-17-18(26-20(21)27-19(17)28)24-10-16-7-6-15(9-23-16)14-5-4-13(3)22-8-14/h4-9,11-12H,10H2,1-3H3,(H,24,26,27). The van der Waals surface area contributed by atoms with E-state index in [4.69, 9.17) is 11.6 Å². The van der Waals surface area contributed by atoms with E-state index >= 15 is 0 Å². The molecule has 0 atom stereocenters. The zero-order chi connectivity index (χ0) is 19.7. The fourth-order valence-electron chi connectivity index (χ4n) is 2.90. The van der Waals surface area contributed by atoms with Gasteiger partial charge in [-0.25, -0.2) is 4.98 Å². The molecule has 0 saturated heterocycles. The third-order valence-corrected chi connectivity index (χ3v) is 4.63. The molecule has 0 saturated carbocycles. The lowest BCUT2D eigenvalue weighted by molar-refractivity contribution is 0.612. The maximum atomic E-state index is 6.11. The van der Waals surface area contributed by atoms with Gasteiger partial charge in [0.15, 0.2) is 17.0 Å². The number of rotatable bonds is 5. The van der Waals surface area contributed by atoms with Crippen LogP contribution in [-0.4, -0.2) is 29.5 Å². The van der Waals surface area contributed by atoms with Gasteiger partial charge in [0.1, 0.15) is 0 Å². The number of aryl methyl sites for hydroxylation is 1. The molecule has 0 radical (unpaired) electrons. The Morgan fingerprint density at radius 2 is 1.75 bits per heavy atom. The number of hydrogen-bond acceptors (Lipinski definition) is 6. The number of halogens is 1. The summed E-state index contributed by atoms with van der Waals surface area (Å²) in [5.74, 6) is 0.600. The number of hydrogen-bond donors (Lipinski definition) is 1. The lowest BCUT2D eigenvalue weighted by Crippen LogP contribution is -2.06. The van der Waals surface area contributed by atoms with Crippen molar-refractivity contribution in [1.29, 1.82) is 0 Å². The lowest BCUT2D eigenvalue weighted by Gasteiger charge is -2.09. The van der Waals surface area contributed by atoms with Crippen LogP contribution in [-0.2, 0) is 6.54 Å². The van der Waals surface area contributed by atoms with Gasteiger partial charge in [-0.2, -0.15) is 9.97 Å². The number of pyridine rings is 2. The van der Waals surface area contributed by atoms with Gasteiger partial charge in [0.05, 0.1) is 18.6 Å². The summed E-state index contributed by atoms with van der Waals surface area (Å²) < 4.78 is 1.97. The first kappa shape index (κ1) is 18.3. The first-order valence-corrected chi connectivity index (χ1v) is 9.41. The molecule has 4 aromatic rings. The summed E-state index contributed by atoms with van der Waals surface area (Å²) in [4.78, 5) is 21.9. The quantitative estimate of drug-likeness (QED) is 0.505. The van der Waals surface area contributed by atoms with Crippen LogP contribution in [0.25, 0.3) is 22.3 Å². The Bertz CT molecular complexity index is 1100. The maximum Gasteiger partial charge on any atom is 0.226 e. The minimum Gasteiger partial charge on any atom is -0.362 e. The van der Waals surface area contributed by atoms with Crippen LogP contribution in [0.1, 0.15) is 31.3 Å². The Balaban J connectivity index is 1.54. The highest BCUT2D eigenvalue weighted by Gasteiger charge is 2.14. The molecule has 0 aromatic carbocycles. The van der Waals surface area contributed by atoms with Crippen LogP contribution in [0.5, 0.6) is 0 Å². The van der Waals surface area contributed by atoms with Gasteiger partial charge in [-0.05, 0) is 44.5 Å². The van der Waals surface area contributed by atoms with Crippen molar-refractivity contribution in [2.45, 2.75) is 33.4 Å². The van der Waals surface area contributed by atoms with Gasteiger partial charge in [0.2, 0.25) is 5.28 Å². The van der Waals surface area contributed by atoms with Crippen molar-refractivity contribution < 1.29 is 0 Å². The topological polar surface area (TPSA) is 81.4 Å². The van der Waals surface area contributed by atoms with E-state index in [0.29, 0.717) is 23.5 Å². The van der Waals surface area contributed by atoms with Gasteiger partial charge in [-0.15, -0.1) is 0 Å². The lowest BCUT2D eigenvalue weighted by atomic mass is 10.1. The highest BCUT2D eigenvalue weighted by atomic mass is 35.5. The monoisotopic (exact) mass is 393 g/mol. The van der Waals surface area contributed by atoms with Crippen molar-refractivity contribution in [2.75, 3.05) is 5.32 Å². The number of imidazole rings is 1. The van der Waals surface area contributed by atoms with Gasteiger partial charge >= 0.3 is 0 Å². The summed E-state index contributed by atoms with van der Waals surface area (Å²) in [6, 6.07) is 8.28. The second kappa shape index (κ2) is 7.52. The molecule has 0 fully saturated rings. The largest absolute Gasteiger partial charge is 0.362 e. The average molecular weight is 394 g/mol. The molecule has 0 unspecified atom stereocenters. The Hall–Kier alpha value is -3.06. The van der Waals surface area contributed by atoms with E-state index in [2.05, 4.69) is 44.1 Å².